The summed E-state index contributed by atoms with van der Waals surface area (Å²) in [5, 5.41) is 12.2. The highest BCUT2D eigenvalue weighted by molar-refractivity contribution is 5.55. The standard InChI is InChI=1S/C11H12N2/c1-9-4-2-3-5-10(9)13-11(8-12)6-7-11/h2-5,13H,6-7H2,1H3. The second-order valence-corrected chi connectivity index (χ2v) is 3.63. The first-order valence-corrected chi connectivity index (χ1v) is 4.51. The lowest BCUT2D eigenvalue weighted by atomic mass is 10.2. The van der Waals surface area contributed by atoms with Crippen molar-refractivity contribution in [3.8, 4) is 6.07 Å². The van der Waals surface area contributed by atoms with Gasteiger partial charge in [-0.05, 0) is 31.4 Å². The molecule has 0 aliphatic heterocycles. The highest BCUT2D eigenvalue weighted by Crippen LogP contribution is 2.38. The van der Waals surface area contributed by atoms with Crippen molar-refractivity contribution in [1.29, 1.82) is 5.26 Å². The number of nitriles is 1. The Balaban J connectivity index is 2.20. The zero-order valence-corrected chi connectivity index (χ0v) is 7.67. The quantitative estimate of drug-likeness (QED) is 0.743. The van der Waals surface area contributed by atoms with Gasteiger partial charge in [0.1, 0.15) is 5.54 Å². The summed E-state index contributed by atoms with van der Waals surface area (Å²) in [5.41, 5.74) is 2.03. The second-order valence-electron chi connectivity index (χ2n) is 3.63. The largest absolute Gasteiger partial charge is 0.367 e. The van der Waals surface area contributed by atoms with E-state index in [1.54, 1.807) is 0 Å². The van der Waals surface area contributed by atoms with E-state index in [0.717, 1.165) is 18.5 Å². The molecule has 1 aromatic carbocycles. The predicted octanol–water partition coefficient (Wildman–Crippen LogP) is 2.46. The third-order valence-corrected chi connectivity index (χ3v) is 2.48. The minimum atomic E-state index is -0.258. The summed E-state index contributed by atoms with van der Waals surface area (Å²) in [6.07, 6.45) is 1.94. The molecule has 1 fully saturated rings. The van der Waals surface area contributed by atoms with Crippen LogP contribution in [0, 0.1) is 18.3 Å². The van der Waals surface area contributed by atoms with E-state index in [2.05, 4.69) is 24.4 Å². The number of hydrogen-bond donors (Lipinski definition) is 1. The number of hydrogen-bond acceptors (Lipinski definition) is 2. The van der Waals surface area contributed by atoms with Gasteiger partial charge in [-0.3, -0.25) is 0 Å². The van der Waals surface area contributed by atoms with Crippen LogP contribution in [0.2, 0.25) is 0 Å². The fourth-order valence-corrected chi connectivity index (χ4v) is 1.36. The van der Waals surface area contributed by atoms with Crippen LogP contribution in [0.3, 0.4) is 0 Å². The van der Waals surface area contributed by atoms with Gasteiger partial charge in [-0.1, -0.05) is 18.2 Å². The van der Waals surface area contributed by atoms with Crippen LogP contribution in [0.1, 0.15) is 18.4 Å². The molecule has 0 heterocycles. The molecule has 0 spiro atoms. The van der Waals surface area contributed by atoms with Crippen LogP contribution < -0.4 is 5.32 Å². The lowest BCUT2D eigenvalue weighted by molar-refractivity contribution is 0.943. The van der Waals surface area contributed by atoms with E-state index in [0.29, 0.717) is 0 Å². The maximum atomic E-state index is 8.90. The maximum Gasteiger partial charge on any atom is 0.125 e. The summed E-state index contributed by atoms with van der Waals surface area (Å²) in [7, 11) is 0. The second kappa shape index (κ2) is 2.77. The Morgan fingerprint density at radius 3 is 2.62 bits per heavy atom. The molecule has 0 saturated heterocycles. The third-order valence-electron chi connectivity index (χ3n) is 2.48. The van der Waals surface area contributed by atoms with Crippen molar-refractivity contribution in [3.63, 3.8) is 0 Å². The van der Waals surface area contributed by atoms with Crippen LogP contribution in [0.15, 0.2) is 24.3 Å². The molecule has 2 rings (SSSR count). The van der Waals surface area contributed by atoms with Crippen molar-refractivity contribution in [2.75, 3.05) is 5.32 Å². The molecular weight excluding hydrogens is 160 g/mol. The summed E-state index contributed by atoms with van der Waals surface area (Å²) in [5.74, 6) is 0. The van der Waals surface area contributed by atoms with E-state index in [1.807, 2.05) is 18.2 Å². The summed E-state index contributed by atoms with van der Waals surface area (Å²) in [4.78, 5) is 0. The molecule has 0 radical (unpaired) electrons. The monoisotopic (exact) mass is 172 g/mol. The molecule has 0 amide bonds. The average molecular weight is 172 g/mol. The highest BCUT2D eigenvalue weighted by atomic mass is 15.0. The minimum absolute atomic E-state index is 0.258. The SMILES string of the molecule is Cc1ccccc1NC1(C#N)CC1. The normalized spacial score (nSPS) is 17.5. The van der Waals surface area contributed by atoms with Crippen LogP contribution in [-0.4, -0.2) is 5.54 Å². The van der Waals surface area contributed by atoms with Crippen LogP contribution in [0.4, 0.5) is 5.69 Å². The zero-order chi connectivity index (χ0) is 9.31. The number of nitrogens with zero attached hydrogens (tertiary/aromatic N) is 1. The fourth-order valence-electron chi connectivity index (χ4n) is 1.36. The first-order valence-electron chi connectivity index (χ1n) is 4.51. The highest BCUT2D eigenvalue weighted by Gasteiger charge is 2.43. The number of aryl methyl sites for hydroxylation is 1. The molecule has 0 unspecified atom stereocenters. The molecule has 1 saturated carbocycles. The Kier molecular flexibility index (Phi) is 1.73. The molecule has 0 bridgehead atoms. The van der Waals surface area contributed by atoms with E-state index >= 15 is 0 Å². The smallest absolute Gasteiger partial charge is 0.125 e. The summed E-state index contributed by atoms with van der Waals surface area (Å²) in [6.45, 7) is 2.05. The Morgan fingerprint density at radius 1 is 1.38 bits per heavy atom. The van der Waals surface area contributed by atoms with Gasteiger partial charge in [-0.25, -0.2) is 0 Å². The van der Waals surface area contributed by atoms with Gasteiger partial charge in [0.25, 0.3) is 0 Å². The van der Waals surface area contributed by atoms with Gasteiger partial charge in [0.2, 0.25) is 0 Å². The van der Waals surface area contributed by atoms with E-state index < -0.39 is 0 Å². The van der Waals surface area contributed by atoms with Gasteiger partial charge in [0, 0.05) is 5.69 Å². The van der Waals surface area contributed by atoms with Crippen LogP contribution in [0.5, 0.6) is 0 Å². The van der Waals surface area contributed by atoms with Crippen molar-refractivity contribution in [1.82, 2.24) is 0 Å². The topological polar surface area (TPSA) is 35.8 Å². The molecular formula is C11H12N2. The lowest BCUT2D eigenvalue weighted by Crippen LogP contribution is -2.18. The molecule has 1 aliphatic carbocycles. The van der Waals surface area contributed by atoms with E-state index in [4.69, 9.17) is 5.26 Å². The fraction of sp³-hybridized carbons (Fsp3) is 0.364. The van der Waals surface area contributed by atoms with Crippen LogP contribution >= 0.6 is 0 Å². The molecule has 0 atom stereocenters. The Hall–Kier alpha value is -1.49. The van der Waals surface area contributed by atoms with Crippen molar-refractivity contribution in [2.24, 2.45) is 0 Å². The summed E-state index contributed by atoms with van der Waals surface area (Å²) < 4.78 is 0. The summed E-state index contributed by atoms with van der Waals surface area (Å²) >= 11 is 0. The number of nitrogens with one attached hydrogen (secondary N) is 1. The van der Waals surface area contributed by atoms with Gasteiger partial charge >= 0.3 is 0 Å². The lowest BCUT2D eigenvalue weighted by Gasteiger charge is -2.12. The Bertz CT molecular complexity index is 359. The van der Waals surface area contributed by atoms with E-state index in [-0.39, 0.29) is 5.54 Å². The first-order chi connectivity index (χ1) is 6.26. The van der Waals surface area contributed by atoms with Gasteiger partial charge in [-0.15, -0.1) is 0 Å². The molecule has 1 aromatic rings. The van der Waals surface area contributed by atoms with Crippen molar-refractivity contribution in [2.45, 2.75) is 25.3 Å². The minimum Gasteiger partial charge on any atom is -0.367 e. The molecule has 2 heteroatoms. The molecule has 0 aromatic heterocycles. The molecule has 2 nitrogen and oxygen atoms in total. The van der Waals surface area contributed by atoms with Gasteiger partial charge < -0.3 is 5.32 Å². The van der Waals surface area contributed by atoms with Crippen LogP contribution in [-0.2, 0) is 0 Å². The van der Waals surface area contributed by atoms with Crippen molar-refractivity contribution in [3.05, 3.63) is 29.8 Å². The molecule has 66 valence electrons. The predicted molar refractivity (Wildman–Crippen MR) is 52.4 cm³/mol. The van der Waals surface area contributed by atoms with Crippen molar-refractivity contribution < 1.29 is 0 Å². The Labute approximate surface area is 78.2 Å². The van der Waals surface area contributed by atoms with E-state index in [1.165, 1.54) is 5.56 Å². The van der Waals surface area contributed by atoms with Gasteiger partial charge in [0.15, 0.2) is 0 Å². The molecule has 1 N–H and O–H groups in total. The number of anilines is 1. The molecule has 13 heavy (non-hydrogen) atoms. The average Bonchev–Trinajstić information content (AvgIpc) is 2.90. The number of rotatable bonds is 2. The number of para-hydroxylation sites is 1. The van der Waals surface area contributed by atoms with Crippen molar-refractivity contribution >= 4 is 5.69 Å². The Morgan fingerprint density at radius 2 is 2.08 bits per heavy atom. The van der Waals surface area contributed by atoms with Gasteiger partial charge in [-0.2, -0.15) is 5.26 Å². The molecule has 1 aliphatic rings. The third kappa shape index (κ3) is 1.50. The maximum absolute atomic E-state index is 8.90. The van der Waals surface area contributed by atoms with Crippen LogP contribution in [0.25, 0.3) is 0 Å². The number of benzene rings is 1. The first kappa shape index (κ1) is 8.12. The van der Waals surface area contributed by atoms with E-state index in [9.17, 15) is 0 Å². The zero-order valence-electron chi connectivity index (χ0n) is 7.67. The van der Waals surface area contributed by atoms with Gasteiger partial charge in [0.05, 0.1) is 6.07 Å². The summed E-state index contributed by atoms with van der Waals surface area (Å²) in [6, 6.07) is 10.4.